The second kappa shape index (κ2) is 8.19. The van der Waals surface area contributed by atoms with Crippen LogP contribution >= 0.6 is 0 Å². The number of aromatic nitrogens is 2. The fraction of sp³-hybridized carbons (Fsp3) is 0.333. The van der Waals surface area contributed by atoms with E-state index in [9.17, 15) is 9.59 Å². The van der Waals surface area contributed by atoms with Crippen molar-refractivity contribution in [2.24, 2.45) is 5.92 Å². The van der Waals surface area contributed by atoms with Gasteiger partial charge in [-0.15, -0.1) is 0 Å². The number of carbonyl (C=O) groups is 2. The van der Waals surface area contributed by atoms with Crippen LogP contribution in [0.5, 0.6) is 0 Å². The van der Waals surface area contributed by atoms with Crippen LogP contribution < -0.4 is 10.6 Å². The lowest BCUT2D eigenvalue weighted by atomic mass is 10.0. The molecule has 0 saturated carbocycles. The zero-order chi connectivity index (χ0) is 17.5. The highest BCUT2D eigenvalue weighted by molar-refractivity contribution is 5.97. The molecule has 0 aliphatic heterocycles. The molecule has 2 amide bonds. The van der Waals surface area contributed by atoms with Crippen LogP contribution in [-0.4, -0.2) is 34.9 Å². The minimum Gasteiger partial charge on any atom is -0.357 e. The number of nitrogens with zero attached hydrogens (tertiary/aromatic N) is 2. The Kier molecular flexibility index (Phi) is 6.01. The van der Waals surface area contributed by atoms with Crippen LogP contribution in [0, 0.1) is 5.92 Å². The highest BCUT2D eigenvalue weighted by Gasteiger charge is 2.21. The third-order valence-electron chi connectivity index (χ3n) is 3.52. The first-order valence-corrected chi connectivity index (χ1v) is 7.91. The van der Waals surface area contributed by atoms with Gasteiger partial charge >= 0.3 is 0 Å². The zero-order valence-electron chi connectivity index (χ0n) is 14.1. The smallest absolute Gasteiger partial charge is 0.255 e. The predicted molar refractivity (Wildman–Crippen MR) is 92.2 cm³/mol. The molecule has 1 aromatic carbocycles. The lowest BCUT2D eigenvalue weighted by Gasteiger charge is -2.19. The molecule has 126 valence electrons. The molecule has 0 radical (unpaired) electrons. The summed E-state index contributed by atoms with van der Waals surface area (Å²) in [4.78, 5) is 32.7. The van der Waals surface area contributed by atoms with Gasteiger partial charge in [-0.1, -0.05) is 44.2 Å². The molecule has 0 spiro atoms. The third kappa shape index (κ3) is 4.62. The Balaban J connectivity index is 2.10. The van der Waals surface area contributed by atoms with Gasteiger partial charge in [0.05, 0.1) is 5.56 Å². The normalized spacial score (nSPS) is 11.8. The Morgan fingerprint density at radius 2 is 1.71 bits per heavy atom. The quantitative estimate of drug-likeness (QED) is 0.851. The lowest BCUT2D eigenvalue weighted by molar-refractivity contribution is -0.122. The maximum Gasteiger partial charge on any atom is 0.255 e. The van der Waals surface area contributed by atoms with Gasteiger partial charge in [0.2, 0.25) is 5.91 Å². The second-order valence-electron chi connectivity index (χ2n) is 5.93. The van der Waals surface area contributed by atoms with E-state index < -0.39 is 6.04 Å². The minimum absolute atomic E-state index is 0.209. The maximum atomic E-state index is 12.3. The molecule has 2 aromatic rings. The standard InChI is InChI=1S/C18H22N4O2/c1-12(2)9-15(18(24)19-3)22-17(23)14-10-20-16(21-11-14)13-7-5-4-6-8-13/h4-8,10-12,15H,9H2,1-3H3,(H,19,24)(H,22,23). The van der Waals surface area contributed by atoms with Gasteiger partial charge in [-0.05, 0) is 12.3 Å². The van der Waals surface area contributed by atoms with E-state index in [4.69, 9.17) is 0 Å². The van der Waals surface area contributed by atoms with E-state index >= 15 is 0 Å². The molecule has 2 N–H and O–H groups in total. The fourth-order valence-corrected chi connectivity index (χ4v) is 2.30. The van der Waals surface area contributed by atoms with Crippen molar-refractivity contribution >= 4 is 11.8 Å². The van der Waals surface area contributed by atoms with Crippen molar-refractivity contribution in [2.75, 3.05) is 7.05 Å². The second-order valence-corrected chi connectivity index (χ2v) is 5.93. The van der Waals surface area contributed by atoms with Gasteiger partial charge < -0.3 is 10.6 Å². The highest BCUT2D eigenvalue weighted by Crippen LogP contribution is 2.13. The lowest BCUT2D eigenvalue weighted by Crippen LogP contribution is -2.46. The van der Waals surface area contributed by atoms with E-state index in [1.807, 2.05) is 44.2 Å². The Hall–Kier alpha value is -2.76. The first-order valence-electron chi connectivity index (χ1n) is 7.91. The van der Waals surface area contributed by atoms with Crippen LogP contribution in [-0.2, 0) is 4.79 Å². The minimum atomic E-state index is -0.573. The summed E-state index contributed by atoms with van der Waals surface area (Å²) in [5, 5.41) is 5.32. The fourth-order valence-electron chi connectivity index (χ4n) is 2.30. The van der Waals surface area contributed by atoms with E-state index in [1.165, 1.54) is 12.4 Å². The molecule has 1 unspecified atom stereocenters. The van der Waals surface area contributed by atoms with Gasteiger partial charge in [-0.25, -0.2) is 9.97 Å². The Labute approximate surface area is 141 Å². The molecular weight excluding hydrogens is 304 g/mol. The Bertz CT molecular complexity index is 684. The van der Waals surface area contributed by atoms with Crippen molar-refractivity contribution in [1.29, 1.82) is 0 Å². The Morgan fingerprint density at radius 1 is 1.08 bits per heavy atom. The van der Waals surface area contributed by atoms with E-state index in [1.54, 1.807) is 7.05 Å². The van der Waals surface area contributed by atoms with Crippen molar-refractivity contribution in [2.45, 2.75) is 26.3 Å². The SMILES string of the molecule is CNC(=O)C(CC(C)C)NC(=O)c1cnc(-c2ccccc2)nc1. The van der Waals surface area contributed by atoms with Gasteiger partial charge in [0.25, 0.3) is 5.91 Å². The summed E-state index contributed by atoms with van der Waals surface area (Å²) in [6.07, 6.45) is 3.51. The first kappa shape index (κ1) is 17.6. The van der Waals surface area contributed by atoms with Crippen molar-refractivity contribution < 1.29 is 9.59 Å². The molecule has 0 aliphatic carbocycles. The van der Waals surface area contributed by atoms with E-state index in [0.29, 0.717) is 17.8 Å². The number of amides is 2. The molecule has 24 heavy (non-hydrogen) atoms. The van der Waals surface area contributed by atoms with Crippen LogP contribution in [0.1, 0.15) is 30.6 Å². The molecule has 0 fully saturated rings. The molecular formula is C18H22N4O2. The number of hydrogen-bond acceptors (Lipinski definition) is 4. The molecule has 0 saturated heterocycles. The third-order valence-corrected chi connectivity index (χ3v) is 3.52. The first-order chi connectivity index (χ1) is 11.5. The van der Waals surface area contributed by atoms with Crippen molar-refractivity contribution in [3.8, 4) is 11.4 Å². The molecule has 2 rings (SSSR count). The summed E-state index contributed by atoms with van der Waals surface area (Å²) in [5.41, 5.74) is 1.21. The number of hydrogen-bond donors (Lipinski definition) is 2. The van der Waals surface area contributed by atoms with Crippen LogP contribution in [0.4, 0.5) is 0 Å². The van der Waals surface area contributed by atoms with Gasteiger partial charge in [0.1, 0.15) is 6.04 Å². The number of carbonyl (C=O) groups excluding carboxylic acids is 2. The number of likely N-dealkylation sites (N-methyl/N-ethyl adjacent to an activating group) is 1. The Morgan fingerprint density at radius 3 is 2.25 bits per heavy atom. The van der Waals surface area contributed by atoms with Crippen molar-refractivity contribution in [1.82, 2.24) is 20.6 Å². The van der Waals surface area contributed by atoms with E-state index in [0.717, 1.165) is 5.56 Å². The van der Waals surface area contributed by atoms with Crippen LogP contribution in [0.25, 0.3) is 11.4 Å². The summed E-state index contributed by atoms with van der Waals surface area (Å²) >= 11 is 0. The van der Waals surface area contributed by atoms with Crippen molar-refractivity contribution in [3.63, 3.8) is 0 Å². The van der Waals surface area contributed by atoms with Crippen LogP contribution in [0.2, 0.25) is 0 Å². The van der Waals surface area contributed by atoms with Gasteiger partial charge in [0.15, 0.2) is 5.82 Å². The average Bonchev–Trinajstić information content (AvgIpc) is 2.61. The van der Waals surface area contributed by atoms with Crippen molar-refractivity contribution in [3.05, 3.63) is 48.3 Å². The zero-order valence-corrected chi connectivity index (χ0v) is 14.1. The number of nitrogens with one attached hydrogen (secondary N) is 2. The summed E-state index contributed by atoms with van der Waals surface area (Å²) in [6.45, 7) is 4.00. The number of benzene rings is 1. The van der Waals surface area contributed by atoms with E-state index in [2.05, 4.69) is 20.6 Å². The van der Waals surface area contributed by atoms with Gasteiger partial charge in [-0.2, -0.15) is 0 Å². The monoisotopic (exact) mass is 326 g/mol. The van der Waals surface area contributed by atoms with Crippen LogP contribution in [0.3, 0.4) is 0 Å². The largest absolute Gasteiger partial charge is 0.357 e. The summed E-state index contributed by atoms with van der Waals surface area (Å²) in [5.74, 6) is 0.268. The molecule has 0 aliphatic rings. The van der Waals surface area contributed by atoms with Crippen LogP contribution in [0.15, 0.2) is 42.7 Å². The maximum absolute atomic E-state index is 12.3. The predicted octanol–water partition coefficient (Wildman–Crippen LogP) is 2.03. The highest BCUT2D eigenvalue weighted by atomic mass is 16.2. The molecule has 1 heterocycles. The average molecular weight is 326 g/mol. The van der Waals surface area contributed by atoms with Gasteiger partial charge in [-0.3, -0.25) is 9.59 Å². The molecule has 1 atom stereocenters. The molecule has 1 aromatic heterocycles. The molecule has 6 heteroatoms. The molecule has 6 nitrogen and oxygen atoms in total. The van der Waals surface area contributed by atoms with Gasteiger partial charge in [0, 0.05) is 25.0 Å². The molecule has 0 bridgehead atoms. The summed E-state index contributed by atoms with van der Waals surface area (Å²) < 4.78 is 0. The number of rotatable bonds is 6. The summed E-state index contributed by atoms with van der Waals surface area (Å²) in [6, 6.07) is 8.95. The topological polar surface area (TPSA) is 84.0 Å². The summed E-state index contributed by atoms with van der Waals surface area (Å²) in [7, 11) is 1.56. The van der Waals surface area contributed by atoms with E-state index in [-0.39, 0.29) is 17.7 Å².